The molecule has 34 heavy (non-hydrogen) atoms. The van der Waals surface area contributed by atoms with E-state index in [1.54, 1.807) is 30.3 Å². The van der Waals surface area contributed by atoms with E-state index in [4.69, 9.17) is 16.3 Å². The van der Waals surface area contributed by atoms with Crippen LogP contribution in [-0.2, 0) is 16.2 Å². The van der Waals surface area contributed by atoms with Crippen molar-refractivity contribution in [2.24, 2.45) is 0 Å². The second-order valence-corrected chi connectivity index (χ2v) is 8.69. The summed E-state index contributed by atoms with van der Waals surface area (Å²) in [7, 11) is 0. The van der Waals surface area contributed by atoms with Crippen LogP contribution in [0.15, 0.2) is 77.7 Å². The molecule has 1 aliphatic heterocycles. The fraction of sp³-hybridized carbons (Fsp3) is 0.0800. The van der Waals surface area contributed by atoms with Crippen LogP contribution in [0.5, 0.6) is 5.75 Å². The molecule has 0 radical (unpaired) electrons. The number of carbonyl (C=O) groups is 3. The molecule has 1 N–H and O–H groups in total. The van der Waals surface area contributed by atoms with Gasteiger partial charge in [0.1, 0.15) is 24.7 Å². The Morgan fingerprint density at radius 2 is 1.79 bits per heavy atom. The predicted molar refractivity (Wildman–Crippen MR) is 130 cm³/mol. The van der Waals surface area contributed by atoms with E-state index < -0.39 is 29.4 Å². The maximum Gasteiger partial charge on any atom is 0.294 e. The predicted octanol–water partition coefficient (Wildman–Crippen LogP) is 5.73. The van der Waals surface area contributed by atoms with E-state index >= 15 is 0 Å². The highest BCUT2D eigenvalue weighted by Gasteiger charge is 2.36. The Kier molecular flexibility index (Phi) is 7.30. The zero-order valence-corrected chi connectivity index (χ0v) is 19.2. The largest absolute Gasteiger partial charge is 0.489 e. The molecule has 0 spiro atoms. The Balaban J connectivity index is 1.36. The van der Waals surface area contributed by atoms with Gasteiger partial charge in [0.15, 0.2) is 0 Å². The summed E-state index contributed by atoms with van der Waals surface area (Å²) in [5.74, 6) is -1.11. The minimum Gasteiger partial charge on any atom is -0.489 e. The number of hydrogen-bond acceptors (Lipinski definition) is 5. The van der Waals surface area contributed by atoms with Gasteiger partial charge in [0, 0.05) is 5.69 Å². The number of nitrogens with one attached hydrogen (secondary N) is 1. The topological polar surface area (TPSA) is 75.7 Å². The first-order valence-corrected chi connectivity index (χ1v) is 11.4. The second-order valence-electron chi connectivity index (χ2n) is 7.29. The molecule has 1 saturated heterocycles. The van der Waals surface area contributed by atoms with Crippen LogP contribution < -0.4 is 10.1 Å². The number of thioether (sulfide) groups is 1. The third-order valence-electron chi connectivity index (χ3n) is 4.80. The highest BCUT2D eigenvalue weighted by atomic mass is 35.5. The van der Waals surface area contributed by atoms with Crippen molar-refractivity contribution in [2.45, 2.75) is 6.61 Å². The van der Waals surface area contributed by atoms with Crippen LogP contribution in [0, 0.1) is 5.82 Å². The highest BCUT2D eigenvalue weighted by molar-refractivity contribution is 8.18. The van der Waals surface area contributed by atoms with Gasteiger partial charge >= 0.3 is 0 Å². The van der Waals surface area contributed by atoms with Gasteiger partial charge in [-0.1, -0.05) is 54.1 Å². The number of carbonyl (C=O) groups excluding carboxylic acids is 3. The van der Waals surface area contributed by atoms with E-state index in [0.29, 0.717) is 17.9 Å². The van der Waals surface area contributed by atoms with E-state index in [9.17, 15) is 18.8 Å². The average molecular weight is 497 g/mol. The number of rotatable bonds is 7. The number of benzene rings is 3. The lowest BCUT2D eigenvalue weighted by Gasteiger charge is -2.12. The van der Waals surface area contributed by atoms with Crippen molar-refractivity contribution in [3.63, 3.8) is 0 Å². The van der Waals surface area contributed by atoms with Crippen LogP contribution in [0.1, 0.15) is 11.1 Å². The van der Waals surface area contributed by atoms with Gasteiger partial charge in [-0.2, -0.15) is 0 Å². The SMILES string of the molecule is O=C(CN1C(=O)S/C(=C/c2ccc(OCc3ccccc3)cc2)C1=O)Nc1ccc(F)c(Cl)c1. The molecule has 1 aliphatic rings. The van der Waals surface area contributed by atoms with Crippen molar-refractivity contribution in [3.8, 4) is 5.75 Å². The Labute approximate surface area is 204 Å². The van der Waals surface area contributed by atoms with Crippen LogP contribution in [0.4, 0.5) is 14.9 Å². The van der Waals surface area contributed by atoms with Crippen molar-refractivity contribution in [1.29, 1.82) is 0 Å². The van der Waals surface area contributed by atoms with E-state index in [0.717, 1.165) is 28.3 Å². The molecule has 0 saturated carbocycles. The van der Waals surface area contributed by atoms with E-state index in [1.165, 1.54) is 12.1 Å². The Hall–Kier alpha value is -3.62. The fourth-order valence-corrected chi connectivity index (χ4v) is 4.13. The zero-order valence-electron chi connectivity index (χ0n) is 17.7. The van der Waals surface area contributed by atoms with Gasteiger partial charge in [-0.05, 0) is 59.3 Å². The lowest BCUT2D eigenvalue weighted by atomic mass is 10.2. The summed E-state index contributed by atoms with van der Waals surface area (Å²) in [5.41, 5.74) is 2.02. The number of imide groups is 1. The smallest absolute Gasteiger partial charge is 0.294 e. The normalized spacial score (nSPS) is 14.5. The van der Waals surface area contributed by atoms with Gasteiger partial charge in [0.05, 0.1) is 9.93 Å². The molecule has 9 heteroatoms. The maximum absolute atomic E-state index is 13.3. The van der Waals surface area contributed by atoms with E-state index in [-0.39, 0.29) is 15.6 Å². The summed E-state index contributed by atoms with van der Waals surface area (Å²) >= 11 is 6.46. The molecule has 1 fully saturated rings. The number of ether oxygens (including phenoxy) is 1. The molecule has 0 aromatic heterocycles. The van der Waals surface area contributed by atoms with Crippen LogP contribution in [0.3, 0.4) is 0 Å². The number of halogens is 2. The van der Waals surface area contributed by atoms with Crippen LogP contribution in [-0.4, -0.2) is 28.5 Å². The first kappa shape index (κ1) is 23.5. The summed E-state index contributed by atoms with van der Waals surface area (Å²) < 4.78 is 19.0. The molecule has 1 heterocycles. The molecule has 172 valence electrons. The molecular weight excluding hydrogens is 479 g/mol. The van der Waals surface area contributed by atoms with Crippen molar-refractivity contribution in [2.75, 3.05) is 11.9 Å². The Morgan fingerprint density at radius 3 is 2.50 bits per heavy atom. The van der Waals surface area contributed by atoms with Crippen LogP contribution in [0.25, 0.3) is 6.08 Å². The fourth-order valence-electron chi connectivity index (χ4n) is 3.11. The Morgan fingerprint density at radius 1 is 1.06 bits per heavy atom. The zero-order chi connectivity index (χ0) is 24.1. The standard InChI is InChI=1S/C25H18ClFN2O4S/c26-20-13-18(8-11-21(20)27)28-23(30)14-29-24(31)22(34-25(29)32)12-16-6-9-19(10-7-16)33-15-17-4-2-1-3-5-17/h1-13H,14-15H2,(H,28,30)/b22-12+. The number of anilines is 1. The summed E-state index contributed by atoms with van der Waals surface area (Å²) in [6.45, 7) is -0.0332. The molecule has 0 atom stereocenters. The van der Waals surface area contributed by atoms with Crippen LogP contribution >= 0.6 is 23.4 Å². The summed E-state index contributed by atoms with van der Waals surface area (Å²) in [4.78, 5) is 38.3. The summed E-state index contributed by atoms with van der Waals surface area (Å²) in [6, 6.07) is 20.6. The van der Waals surface area contributed by atoms with Gasteiger partial charge in [0.25, 0.3) is 11.1 Å². The molecule has 6 nitrogen and oxygen atoms in total. The monoisotopic (exact) mass is 496 g/mol. The van der Waals surface area contributed by atoms with Gasteiger partial charge in [0.2, 0.25) is 5.91 Å². The molecule has 0 bridgehead atoms. The van der Waals surface area contributed by atoms with E-state index in [2.05, 4.69) is 5.32 Å². The third kappa shape index (κ3) is 5.84. The van der Waals surface area contributed by atoms with Crippen molar-refractivity contribution in [1.82, 2.24) is 4.90 Å². The lowest BCUT2D eigenvalue weighted by Crippen LogP contribution is -2.36. The number of nitrogens with zero attached hydrogens (tertiary/aromatic N) is 1. The van der Waals surface area contributed by atoms with Crippen molar-refractivity contribution in [3.05, 3.63) is 99.7 Å². The molecule has 3 aromatic rings. The first-order valence-electron chi connectivity index (χ1n) is 10.2. The number of amides is 3. The quantitative estimate of drug-likeness (QED) is 0.422. The van der Waals surface area contributed by atoms with E-state index in [1.807, 2.05) is 30.3 Å². The second kappa shape index (κ2) is 10.5. The molecule has 3 amide bonds. The molecule has 3 aromatic carbocycles. The lowest BCUT2D eigenvalue weighted by molar-refractivity contribution is -0.127. The van der Waals surface area contributed by atoms with Gasteiger partial charge in [-0.15, -0.1) is 0 Å². The molecule has 4 rings (SSSR count). The van der Waals surface area contributed by atoms with Crippen molar-refractivity contribution >= 4 is 52.2 Å². The summed E-state index contributed by atoms with van der Waals surface area (Å²) in [5, 5.41) is 1.79. The minimum atomic E-state index is -0.619. The molecular formula is C25H18ClFN2O4S. The molecule has 0 unspecified atom stereocenters. The maximum atomic E-state index is 13.3. The van der Waals surface area contributed by atoms with Gasteiger partial charge in [-0.25, -0.2) is 4.39 Å². The molecule has 0 aliphatic carbocycles. The van der Waals surface area contributed by atoms with Gasteiger partial charge < -0.3 is 10.1 Å². The third-order valence-corrected chi connectivity index (χ3v) is 6.00. The van der Waals surface area contributed by atoms with Gasteiger partial charge in [-0.3, -0.25) is 19.3 Å². The summed E-state index contributed by atoms with van der Waals surface area (Å²) in [6.07, 6.45) is 1.59. The average Bonchev–Trinajstić information content (AvgIpc) is 3.09. The first-order chi connectivity index (χ1) is 16.4. The minimum absolute atomic E-state index is 0.150. The van der Waals surface area contributed by atoms with Crippen LogP contribution in [0.2, 0.25) is 5.02 Å². The number of hydrogen-bond donors (Lipinski definition) is 1. The van der Waals surface area contributed by atoms with Crippen molar-refractivity contribution < 1.29 is 23.5 Å². The highest BCUT2D eigenvalue weighted by Crippen LogP contribution is 2.32. The Bertz CT molecular complexity index is 1270.